The van der Waals surface area contributed by atoms with Crippen LogP contribution in [0.1, 0.15) is 12.2 Å². The number of nitrogens with one attached hydrogen (secondary N) is 2. The van der Waals surface area contributed by atoms with Gasteiger partial charge in [0.05, 0.1) is 42.7 Å². The maximum atomic E-state index is 13.2. The fraction of sp³-hybridized carbons (Fsp3) is 0.231. The zero-order valence-electron chi connectivity index (χ0n) is 19.6. The summed E-state index contributed by atoms with van der Waals surface area (Å²) in [6.45, 7) is 1.55. The molecule has 0 atom stereocenters. The zero-order valence-corrected chi connectivity index (χ0v) is 21.2. The molecule has 0 aliphatic heterocycles. The molecule has 178 valence electrons. The van der Waals surface area contributed by atoms with Gasteiger partial charge in [0.25, 0.3) is 11.1 Å². The third kappa shape index (κ3) is 4.93. The first-order valence-electron chi connectivity index (χ1n) is 11.5. The van der Waals surface area contributed by atoms with Gasteiger partial charge in [-0.05, 0) is 17.7 Å². The van der Waals surface area contributed by atoms with Crippen molar-refractivity contribution in [3.05, 3.63) is 86.5 Å². The molecule has 0 bridgehead atoms. The van der Waals surface area contributed by atoms with Crippen LogP contribution in [-0.4, -0.2) is 40.2 Å². The van der Waals surface area contributed by atoms with Gasteiger partial charge < -0.3 is 9.88 Å². The number of thiophene rings is 1. The van der Waals surface area contributed by atoms with Crippen LogP contribution in [0.3, 0.4) is 0 Å². The second-order valence-electron chi connectivity index (χ2n) is 8.68. The number of hydrogen-bond acceptors (Lipinski definition) is 6. The summed E-state index contributed by atoms with van der Waals surface area (Å²) in [6.07, 6.45) is 0.869. The maximum absolute atomic E-state index is 13.2. The number of para-hydroxylation sites is 1. The van der Waals surface area contributed by atoms with E-state index >= 15 is 0 Å². The molecule has 0 fully saturated rings. The Morgan fingerprint density at radius 2 is 1.80 bits per heavy atom. The third-order valence-electron chi connectivity index (χ3n) is 5.80. The van der Waals surface area contributed by atoms with Gasteiger partial charge in [-0.2, -0.15) is 0 Å². The Morgan fingerprint density at radius 1 is 1.03 bits per heavy atom. The lowest BCUT2D eigenvalue weighted by Crippen LogP contribution is -3.05. The maximum Gasteiger partial charge on any atom is 0.262 e. The van der Waals surface area contributed by atoms with Crippen molar-refractivity contribution in [1.29, 1.82) is 0 Å². The molecule has 0 saturated carbocycles. The van der Waals surface area contributed by atoms with Crippen LogP contribution < -0.4 is 16.0 Å². The monoisotopic (exact) mass is 504 g/mol. The molecule has 0 aliphatic rings. The summed E-state index contributed by atoms with van der Waals surface area (Å²) in [5.41, 5.74) is 2.39. The largest absolute Gasteiger partial charge is 0.340 e. The number of thioether (sulfide) groups is 1. The van der Waals surface area contributed by atoms with Gasteiger partial charge in [-0.25, -0.2) is 9.97 Å². The van der Waals surface area contributed by atoms with Gasteiger partial charge in [-0.1, -0.05) is 54.2 Å². The molecule has 0 radical (unpaired) electrons. The minimum absolute atomic E-state index is 0.0329. The minimum atomic E-state index is -0.150. The van der Waals surface area contributed by atoms with E-state index in [1.807, 2.05) is 60.0 Å². The lowest BCUT2D eigenvalue weighted by molar-refractivity contribution is -0.858. The van der Waals surface area contributed by atoms with E-state index in [0.717, 1.165) is 24.1 Å². The molecular formula is C26H26N5O2S2+. The standard InChI is InChI=1S/C26H25N5O2S2/c1-30(2)13-8-14-31-25(33)18-11-6-7-12-20(18)27-26(31)35-16-21-28-23(32)22-19(15-34-24(22)29-21)17-9-4-3-5-10-17/h3-7,9-12,15H,8,13-14,16H2,1-2H3,(H,28,29,32)/p+1. The number of fused-ring (bicyclic) bond motifs is 2. The molecule has 0 amide bonds. The van der Waals surface area contributed by atoms with Gasteiger partial charge in [-0.15, -0.1) is 11.3 Å². The predicted octanol–water partition coefficient (Wildman–Crippen LogP) is 3.19. The Kier molecular flexibility index (Phi) is 6.81. The number of nitrogens with zero attached hydrogens (tertiary/aromatic N) is 3. The van der Waals surface area contributed by atoms with Crippen molar-refractivity contribution in [1.82, 2.24) is 19.5 Å². The van der Waals surface area contributed by atoms with Crippen molar-refractivity contribution < 1.29 is 4.90 Å². The Hall–Kier alpha value is -3.27. The Labute approximate surface area is 210 Å². The third-order valence-corrected chi connectivity index (χ3v) is 7.66. The topological polar surface area (TPSA) is 85.1 Å². The van der Waals surface area contributed by atoms with Gasteiger partial charge >= 0.3 is 0 Å². The second kappa shape index (κ2) is 10.2. The number of hydrogen-bond donors (Lipinski definition) is 2. The van der Waals surface area contributed by atoms with Crippen molar-refractivity contribution in [2.75, 3.05) is 20.6 Å². The molecule has 7 nitrogen and oxygen atoms in total. The first-order valence-corrected chi connectivity index (χ1v) is 13.3. The van der Waals surface area contributed by atoms with Crippen LogP contribution in [0, 0.1) is 0 Å². The van der Waals surface area contributed by atoms with Crippen molar-refractivity contribution in [2.24, 2.45) is 0 Å². The van der Waals surface area contributed by atoms with Crippen molar-refractivity contribution in [2.45, 2.75) is 23.9 Å². The summed E-state index contributed by atoms with van der Waals surface area (Å²) >= 11 is 2.89. The highest BCUT2D eigenvalue weighted by Crippen LogP contribution is 2.31. The quantitative estimate of drug-likeness (QED) is 0.250. The van der Waals surface area contributed by atoms with Crippen LogP contribution in [-0.2, 0) is 12.3 Å². The fourth-order valence-corrected chi connectivity index (χ4v) is 5.93. The van der Waals surface area contributed by atoms with Crippen molar-refractivity contribution in [3.63, 3.8) is 0 Å². The molecule has 3 aromatic heterocycles. The highest BCUT2D eigenvalue weighted by atomic mass is 32.2. The van der Waals surface area contributed by atoms with E-state index in [1.165, 1.54) is 28.0 Å². The number of aromatic amines is 1. The highest BCUT2D eigenvalue weighted by molar-refractivity contribution is 7.98. The average Bonchev–Trinajstić information content (AvgIpc) is 3.29. The van der Waals surface area contributed by atoms with E-state index in [2.05, 4.69) is 19.1 Å². The van der Waals surface area contributed by atoms with Gasteiger partial charge in [0.1, 0.15) is 10.7 Å². The van der Waals surface area contributed by atoms with Gasteiger partial charge in [-0.3, -0.25) is 14.2 Å². The molecule has 2 aromatic carbocycles. The molecule has 2 N–H and O–H groups in total. The molecule has 5 aromatic rings. The van der Waals surface area contributed by atoms with Gasteiger partial charge in [0.2, 0.25) is 0 Å². The van der Waals surface area contributed by atoms with Crippen LogP contribution in [0.5, 0.6) is 0 Å². The van der Waals surface area contributed by atoms with Gasteiger partial charge in [0.15, 0.2) is 5.16 Å². The predicted molar refractivity (Wildman–Crippen MR) is 144 cm³/mol. The number of H-pyrrole nitrogens is 1. The number of aromatic nitrogens is 4. The lowest BCUT2D eigenvalue weighted by atomic mass is 10.1. The van der Waals surface area contributed by atoms with E-state index < -0.39 is 0 Å². The summed E-state index contributed by atoms with van der Waals surface area (Å²) in [5, 5.41) is 3.85. The van der Waals surface area contributed by atoms with Crippen LogP contribution in [0.4, 0.5) is 0 Å². The Balaban J connectivity index is 1.46. The van der Waals surface area contributed by atoms with E-state index in [1.54, 1.807) is 4.57 Å². The molecule has 0 saturated heterocycles. The number of quaternary nitrogens is 1. The number of rotatable bonds is 8. The average molecular weight is 505 g/mol. The van der Waals surface area contributed by atoms with Crippen molar-refractivity contribution in [3.8, 4) is 11.1 Å². The van der Waals surface area contributed by atoms with Crippen LogP contribution >= 0.6 is 23.1 Å². The lowest BCUT2D eigenvalue weighted by Gasteiger charge is -2.14. The van der Waals surface area contributed by atoms with Crippen LogP contribution in [0.15, 0.2) is 74.7 Å². The normalized spacial score (nSPS) is 11.6. The summed E-state index contributed by atoms with van der Waals surface area (Å²) in [5.74, 6) is 0.980. The molecule has 0 unspecified atom stereocenters. The van der Waals surface area contributed by atoms with E-state index in [0.29, 0.717) is 44.4 Å². The van der Waals surface area contributed by atoms with Crippen LogP contribution in [0.25, 0.3) is 32.2 Å². The second-order valence-corrected chi connectivity index (χ2v) is 10.5. The molecule has 0 spiro atoms. The minimum Gasteiger partial charge on any atom is -0.340 e. The first-order chi connectivity index (χ1) is 17.0. The zero-order chi connectivity index (χ0) is 24.4. The molecular weight excluding hydrogens is 478 g/mol. The summed E-state index contributed by atoms with van der Waals surface area (Å²) in [4.78, 5) is 40.7. The molecule has 9 heteroatoms. The molecule has 3 heterocycles. The summed E-state index contributed by atoms with van der Waals surface area (Å²) in [7, 11) is 4.20. The Morgan fingerprint density at radius 3 is 2.60 bits per heavy atom. The SMILES string of the molecule is C[NH+](C)CCCn1c(SCc2nc3scc(-c4ccccc4)c3c(=O)[nH]2)nc2ccccc2c1=O. The fourth-order valence-electron chi connectivity index (χ4n) is 4.07. The summed E-state index contributed by atoms with van der Waals surface area (Å²) < 4.78 is 1.76. The van der Waals surface area contributed by atoms with Crippen LogP contribution in [0.2, 0.25) is 0 Å². The first kappa shape index (κ1) is 23.5. The highest BCUT2D eigenvalue weighted by Gasteiger charge is 2.15. The molecule has 35 heavy (non-hydrogen) atoms. The van der Waals surface area contributed by atoms with E-state index in [4.69, 9.17) is 9.97 Å². The van der Waals surface area contributed by atoms with E-state index in [-0.39, 0.29) is 11.1 Å². The number of benzene rings is 2. The molecule has 5 rings (SSSR count). The Bertz CT molecular complexity index is 1610. The van der Waals surface area contributed by atoms with Gasteiger partial charge in [0, 0.05) is 23.9 Å². The van der Waals surface area contributed by atoms with Crippen molar-refractivity contribution >= 4 is 44.2 Å². The van der Waals surface area contributed by atoms with E-state index in [9.17, 15) is 9.59 Å². The summed E-state index contributed by atoms with van der Waals surface area (Å²) in [6, 6.07) is 17.3. The molecule has 0 aliphatic carbocycles. The smallest absolute Gasteiger partial charge is 0.262 e.